The van der Waals surface area contributed by atoms with Crippen molar-refractivity contribution in [2.45, 2.75) is 147 Å². The van der Waals surface area contributed by atoms with Gasteiger partial charge in [0.25, 0.3) is 0 Å². The fourth-order valence-electron chi connectivity index (χ4n) is 8.39. The SMILES string of the molecule is CC(=O)OC(C)C=CC(=O)N[C@@H]1C[C@H](C)[C@H](CC=C(C)C=C[C@H]2O[C@H](CC(=O)NCc3ccc(NC(=O)OCc4ccc(NC(=O)CNC(=O)CCCCCNC(=O)CBr)cc4)cc3)C[C@@]3(CO3)[C@@H]2O)O[C@@H]1C. The van der Waals surface area contributed by atoms with Gasteiger partial charge in [0.2, 0.25) is 29.5 Å². The summed E-state index contributed by atoms with van der Waals surface area (Å²) in [4.78, 5) is 85.0. The molecule has 2 aromatic rings. The van der Waals surface area contributed by atoms with Crippen LogP contribution in [-0.2, 0) is 65.6 Å². The molecule has 0 aliphatic carbocycles. The first kappa shape index (κ1) is 58.0. The van der Waals surface area contributed by atoms with Crippen molar-refractivity contribution in [1.29, 1.82) is 0 Å². The molecule has 1 unspecified atom stereocenters. The fourth-order valence-corrected chi connectivity index (χ4v) is 8.59. The molecule has 0 bridgehead atoms. The minimum absolute atomic E-state index is 0.0163. The molecule has 20 heteroatoms. The number of allylic oxidation sites excluding steroid dienone is 2. The van der Waals surface area contributed by atoms with Crippen LogP contribution in [0.4, 0.5) is 16.2 Å². The number of alkyl halides is 1. The van der Waals surface area contributed by atoms with E-state index in [1.165, 1.54) is 19.1 Å². The maximum absolute atomic E-state index is 13.1. The third-order valence-corrected chi connectivity index (χ3v) is 13.1. The number of carbonyl (C=O) groups excluding carboxylic acids is 7. The third kappa shape index (κ3) is 20.5. The summed E-state index contributed by atoms with van der Waals surface area (Å²) in [7, 11) is 0. The average Bonchev–Trinajstić information content (AvgIpc) is 4.13. The highest BCUT2D eigenvalue weighted by molar-refractivity contribution is 9.09. The predicted molar refractivity (Wildman–Crippen MR) is 276 cm³/mol. The summed E-state index contributed by atoms with van der Waals surface area (Å²) >= 11 is 3.09. The molecule has 5 rings (SSSR count). The van der Waals surface area contributed by atoms with Gasteiger partial charge in [0.15, 0.2) is 0 Å². The number of nitrogens with one attached hydrogen (secondary N) is 6. The van der Waals surface area contributed by atoms with Gasteiger partial charge in [-0.3, -0.25) is 34.1 Å². The molecule has 9 atom stereocenters. The summed E-state index contributed by atoms with van der Waals surface area (Å²) in [6.07, 6.45) is 9.51. The molecular formula is C53H71BrN6O13. The van der Waals surface area contributed by atoms with Crippen LogP contribution in [0.15, 0.2) is 84.5 Å². The van der Waals surface area contributed by atoms with Crippen molar-refractivity contribution in [3.63, 3.8) is 0 Å². The van der Waals surface area contributed by atoms with Gasteiger partial charge in [-0.25, -0.2) is 4.79 Å². The Bertz CT molecular complexity index is 2290. The van der Waals surface area contributed by atoms with Crippen LogP contribution >= 0.6 is 15.9 Å². The summed E-state index contributed by atoms with van der Waals surface area (Å²) in [5.74, 6) is -1.44. The number of aliphatic hydroxyl groups is 1. The number of hydrogen-bond donors (Lipinski definition) is 7. The number of benzene rings is 2. The Kier molecular flexibility index (Phi) is 23.1. The molecule has 19 nitrogen and oxygen atoms in total. The summed E-state index contributed by atoms with van der Waals surface area (Å²) in [5.41, 5.74) is 2.71. The number of aliphatic hydroxyl groups excluding tert-OH is 1. The minimum atomic E-state index is -0.892. The molecule has 0 aromatic heterocycles. The molecule has 398 valence electrons. The maximum Gasteiger partial charge on any atom is 0.411 e. The number of rotatable bonds is 25. The highest BCUT2D eigenvalue weighted by atomic mass is 79.9. The van der Waals surface area contributed by atoms with Crippen LogP contribution in [0, 0.1) is 5.92 Å². The van der Waals surface area contributed by atoms with Gasteiger partial charge < -0.3 is 55.4 Å². The lowest BCUT2D eigenvalue weighted by Gasteiger charge is -2.39. The Morgan fingerprint density at radius 2 is 1.55 bits per heavy atom. The summed E-state index contributed by atoms with van der Waals surface area (Å²) in [6.45, 7) is 9.99. The highest BCUT2D eigenvalue weighted by Gasteiger charge is 2.58. The van der Waals surface area contributed by atoms with Gasteiger partial charge in [-0.05, 0) is 93.8 Å². The molecule has 3 aliphatic rings. The van der Waals surface area contributed by atoms with Crippen molar-refractivity contribution < 1.29 is 62.4 Å². The summed E-state index contributed by atoms with van der Waals surface area (Å²) < 4.78 is 28.7. The Labute approximate surface area is 435 Å². The van der Waals surface area contributed by atoms with Crippen LogP contribution in [0.5, 0.6) is 0 Å². The van der Waals surface area contributed by atoms with E-state index in [1.807, 2.05) is 26.0 Å². The van der Waals surface area contributed by atoms with E-state index in [2.05, 4.69) is 60.8 Å². The van der Waals surface area contributed by atoms with E-state index in [1.54, 1.807) is 55.5 Å². The van der Waals surface area contributed by atoms with Crippen LogP contribution in [0.3, 0.4) is 0 Å². The second kappa shape index (κ2) is 29.1. The van der Waals surface area contributed by atoms with Crippen molar-refractivity contribution in [3.8, 4) is 0 Å². The van der Waals surface area contributed by atoms with Gasteiger partial charge in [0.05, 0.1) is 49.3 Å². The number of ether oxygens (including phenoxy) is 5. The monoisotopic (exact) mass is 1080 g/mol. The highest BCUT2D eigenvalue weighted by Crippen LogP contribution is 2.43. The van der Waals surface area contributed by atoms with Crippen molar-refractivity contribution in [1.82, 2.24) is 21.3 Å². The van der Waals surface area contributed by atoms with E-state index in [0.717, 1.165) is 30.4 Å². The third-order valence-electron chi connectivity index (χ3n) is 12.6. The van der Waals surface area contributed by atoms with Gasteiger partial charge in [-0.15, -0.1) is 0 Å². The number of carbonyl (C=O) groups is 7. The Morgan fingerprint density at radius 3 is 2.23 bits per heavy atom. The molecule has 3 heterocycles. The molecule has 73 heavy (non-hydrogen) atoms. The van der Waals surface area contributed by atoms with Crippen molar-refractivity contribution in [2.75, 3.05) is 35.7 Å². The van der Waals surface area contributed by atoms with E-state index in [-0.39, 0.29) is 91.6 Å². The smallest absolute Gasteiger partial charge is 0.411 e. The normalized spacial score (nSPS) is 24.0. The van der Waals surface area contributed by atoms with Crippen molar-refractivity contribution in [3.05, 3.63) is 95.6 Å². The lowest BCUT2D eigenvalue weighted by atomic mass is 9.87. The van der Waals surface area contributed by atoms with E-state index in [0.29, 0.717) is 49.4 Å². The number of amides is 6. The van der Waals surface area contributed by atoms with Crippen molar-refractivity contribution >= 4 is 68.9 Å². The van der Waals surface area contributed by atoms with E-state index in [9.17, 15) is 38.7 Å². The number of halogens is 1. The van der Waals surface area contributed by atoms with Crippen LogP contribution in [0.1, 0.15) is 97.1 Å². The number of epoxide rings is 1. The van der Waals surface area contributed by atoms with Gasteiger partial charge in [0.1, 0.15) is 30.5 Å². The molecule has 3 saturated heterocycles. The standard InChI is InChI=1S/C53H71BrN6O13/c1-33(10-21-44-34(2)25-43(36(4)72-44)60-47(63)23-12-35(3)71-37(5)61)11-22-45-51(67)53(32-70-53)27-42(73-45)26-48(64)56-29-38-13-17-41(18-14-38)59-52(68)69-31-39-15-19-40(20-16-39)58-50(66)30-57-46(62)9-7-6-8-24-55-49(65)28-54/h10-20,22-23,34-36,42-45,51,67H,6-9,21,24-32H2,1-5H3,(H,55,65)(H,56,64)(H,57,62)(H,58,66)(H,59,68)(H,60,63)/t34-,35?,36+,42+,43+,44-,45+,51+,53+/m0/s1. The first-order valence-electron chi connectivity index (χ1n) is 24.8. The molecule has 6 amide bonds. The topological polar surface area (TPSA) is 261 Å². The maximum atomic E-state index is 13.1. The first-order chi connectivity index (χ1) is 34.9. The van der Waals surface area contributed by atoms with Crippen LogP contribution < -0.4 is 31.9 Å². The van der Waals surface area contributed by atoms with E-state index < -0.39 is 42.1 Å². The molecule has 0 radical (unpaired) electrons. The summed E-state index contributed by atoms with van der Waals surface area (Å²) in [6, 6.07) is 13.5. The molecule has 0 saturated carbocycles. The largest absolute Gasteiger partial charge is 0.459 e. The van der Waals surface area contributed by atoms with Crippen LogP contribution in [0.2, 0.25) is 0 Å². The predicted octanol–water partition coefficient (Wildman–Crippen LogP) is 5.55. The van der Waals surface area contributed by atoms with Gasteiger partial charge in [-0.2, -0.15) is 0 Å². The van der Waals surface area contributed by atoms with Crippen LogP contribution in [-0.4, -0.2) is 120 Å². The van der Waals surface area contributed by atoms with E-state index in [4.69, 9.17) is 23.7 Å². The lowest BCUT2D eigenvalue weighted by Crippen LogP contribution is -2.50. The van der Waals surface area contributed by atoms with Gasteiger partial charge in [-0.1, -0.05) is 77.3 Å². The molecule has 3 aliphatic heterocycles. The second-order valence-corrected chi connectivity index (χ2v) is 19.4. The Balaban J connectivity index is 0.967. The number of esters is 1. The molecule has 7 N–H and O–H groups in total. The zero-order valence-corrected chi connectivity index (χ0v) is 43.8. The molecular weight excluding hydrogens is 1010 g/mol. The van der Waals surface area contributed by atoms with Gasteiger partial charge >= 0.3 is 12.1 Å². The van der Waals surface area contributed by atoms with Crippen LogP contribution in [0.25, 0.3) is 0 Å². The van der Waals surface area contributed by atoms with Crippen molar-refractivity contribution in [2.24, 2.45) is 5.92 Å². The molecule has 3 fully saturated rings. The molecule has 1 spiro atoms. The molecule has 2 aromatic carbocycles. The fraction of sp³-hybridized carbons (Fsp3) is 0.528. The van der Waals surface area contributed by atoms with E-state index >= 15 is 0 Å². The zero-order chi connectivity index (χ0) is 52.9. The zero-order valence-electron chi connectivity index (χ0n) is 42.2. The number of anilines is 2. The Morgan fingerprint density at radius 1 is 0.849 bits per heavy atom. The quantitative estimate of drug-likeness (QED) is 0.0161. The first-order valence-corrected chi connectivity index (χ1v) is 25.9. The second-order valence-electron chi connectivity index (χ2n) is 18.8. The summed E-state index contributed by atoms with van der Waals surface area (Å²) in [5, 5.41) is 28.1. The number of hydrogen-bond acceptors (Lipinski definition) is 13. The number of unbranched alkanes of at least 4 members (excludes halogenated alkanes) is 2. The Hall–Kier alpha value is -5.93. The lowest BCUT2D eigenvalue weighted by molar-refractivity contribution is -0.145. The minimum Gasteiger partial charge on any atom is -0.459 e. The van der Waals surface area contributed by atoms with Gasteiger partial charge in [0, 0.05) is 50.3 Å². The average molecular weight is 1080 g/mol.